The van der Waals surface area contributed by atoms with Crippen LogP contribution in [0.4, 0.5) is 0 Å². The Morgan fingerprint density at radius 2 is 1.85 bits per heavy atom. The van der Waals surface area contributed by atoms with E-state index in [-0.39, 0.29) is 0 Å². The fourth-order valence-electron chi connectivity index (χ4n) is 1.52. The molecule has 0 aliphatic rings. The van der Waals surface area contributed by atoms with Crippen molar-refractivity contribution in [1.29, 1.82) is 0 Å². The maximum absolute atomic E-state index is 5.49. The van der Waals surface area contributed by atoms with Gasteiger partial charge in [0.05, 0.1) is 0 Å². The van der Waals surface area contributed by atoms with Crippen LogP contribution < -0.4 is 0 Å². The van der Waals surface area contributed by atoms with Crippen LogP contribution in [-0.2, 0) is 6.42 Å². The van der Waals surface area contributed by atoms with Gasteiger partial charge in [-0.3, -0.25) is 0 Å². The van der Waals surface area contributed by atoms with Crippen LogP contribution in [0.15, 0.2) is 16.5 Å². The van der Waals surface area contributed by atoms with E-state index in [9.17, 15) is 0 Å². The third-order valence-corrected chi connectivity index (χ3v) is 2.32. The fourth-order valence-corrected chi connectivity index (χ4v) is 1.52. The molecular weight excluding hydrogens is 160 g/mol. The van der Waals surface area contributed by atoms with Crippen LogP contribution in [0.25, 0.3) is 0 Å². The predicted molar refractivity (Wildman–Crippen MR) is 55.9 cm³/mol. The molecule has 1 heteroatoms. The third kappa shape index (κ3) is 4.16. The van der Waals surface area contributed by atoms with Crippen molar-refractivity contribution >= 4 is 0 Å². The first-order valence-corrected chi connectivity index (χ1v) is 5.38. The molecule has 1 aromatic heterocycles. The SMILES string of the molecule is CCCCCCCc1ccc(C)o1. The quantitative estimate of drug-likeness (QED) is 0.601. The Bertz CT molecular complexity index is 225. The molecule has 0 saturated heterocycles. The van der Waals surface area contributed by atoms with E-state index in [1.807, 2.05) is 13.0 Å². The topological polar surface area (TPSA) is 13.1 Å². The zero-order chi connectivity index (χ0) is 9.52. The van der Waals surface area contributed by atoms with E-state index in [1.54, 1.807) is 0 Å². The molecule has 0 fully saturated rings. The highest BCUT2D eigenvalue weighted by atomic mass is 16.3. The summed E-state index contributed by atoms with van der Waals surface area (Å²) >= 11 is 0. The second-order valence-corrected chi connectivity index (χ2v) is 3.68. The van der Waals surface area contributed by atoms with Crippen LogP contribution in [-0.4, -0.2) is 0 Å². The summed E-state index contributed by atoms with van der Waals surface area (Å²) in [4.78, 5) is 0. The standard InChI is InChI=1S/C12H20O/c1-3-4-5-6-7-8-12-10-9-11(2)13-12/h9-10H,3-8H2,1-2H3. The lowest BCUT2D eigenvalue weighted by atomic mass is 10.1. The van der Waals surface area contributed by atoms with Gasteiger partial charge in [-0.1, -0.05) is 32.6 Å². The van der Waals surface area contributed by atoms with E-state index in [0.717, 1.165) is 17.9 Å². The third-order valence-electron chi connectivity index (χ3n) is 2.32. The van der Waals surface area contributed by atoms with Gasteiger partial charge in [-0.05, 0) is 25.5 Å². The molecule has 13 heavy (non-hydrogen) atoms. The van der Waals surface area contributed by atoms with Crippen molar-refractivity contribution in [1.82, 2.24) is 0 Å². The minimum Gasteiger partial charge on any atom is -0.466 e. The molecule has 1 rings (SSSR count). The lowest BCUT2D eigenvalue weighted by Crippen LogP contribution is -1.82. The molecule has 1 aromatic rings. The number of rotatable bonds is 6. The van der Waals surface area contributed by atoms with Gasteiger partial charge >= 0.3 is 0 Å². The fraction of sp³-hybridized carbons (Fsp3) is 0.667. The zero-order valence-electron chi connectivity index (χ0n) is 8.81. The zero-order valence-corrected chi connectivity index (χ0v) is 8.81. The second-order valence-electron chi connectivity index (χ2n) is 3.68. The maximum atomic E-state index is 5.49. The van der Waals surface area contributed by atoms with E-state index < -0.39 is 0 Å². The number of furan rings is 1. The maximum Gasteiger partial charge on any atom is 0.104 e. The van der Waals surface area contributed by atoms with Crippen LogP contribution in [0, 0.1) is 6.92 Å². The summed E-state index contributed by atoms with van der Waals surface area (Å²) in [5.41, 5.74) is 0. The van der Waals surface area contributed by atoms with E-state index in [1.165, 1.54) is 32.1 Å². The number of aryl methyl sites for hydroxylation is 2. The van der Waals surface area contributed by atoms with Gasteiger partial charge in [0, 0.05) is 6.42 Å². The van der Waals surface area contributed by atoms with Crippen molar-refractivity contribution in [2.24, 2.45) is 0 Å². The van der Waals surface area contributed by atoms with Gasteiger partial charge in [0.15, 0.2) is 0 Å². The summed E-state index contributed by atoms with van der Waals surface area (Å²) in [6.07, 6.45) is 7.78. The highest BCUT2D eigenvalue weighted by Gasteiger charge is 1.97. The Hall–Kier alpha value is -0.720. The van der Waals surface area contributed by atoms with Gasteiger partial charge in [-0.25, -0.2) is 0 Å². The molecule has 74 valence electrons. The van der Waals surface area contributed by atoms with Gasteiger partial charge in [0.1, 0.15) is 11.5 Å². The number of hydrogen-bond donors (Lipinski definition) is 0. The average molecular weight is 180 g/mol. The summed E-state index contributed by atoms with van der Waals surface area (Å²) in [5.74, 6) is 2.18. The molecule has 0 saturated carbocycles. The summed E-state index contributed by atoms with van der Waals surface area (Å²) in [6, 6.07) is 4.14. The Balaban J connectivity index is 2.06. The van der Waals surface area contributed by atoms with Crippen molar-refractivity contribution in [2.75, 3.05) is 0 Å². The first-order valence-electron chi connectivity index (χ1n) is 5.38. The van der Waals surface area contributed by atoms with Crippen LogP contribution in [0.1, 0.15) is 50.5 Å². The lowest BCUT2D eigenvalue weighted by Gasteiger charge is -1.97. The molecule has 0 N–H and O–H groups in total. The molecule has 0 spiro atoms. The minimum absolute atomic E-state index is 1.03. The monoisotopic (exact) mass is 180 g/mol. The highest BCUT2D eigenvalue weighted by Crippen LogP contribution is 2.11. The van der Waals surface area contributed by atoms with Crippen LogP contribution >= 0.6 is 0 Å². The molecule has 0 amide bonds. The Labute approximate surface area is 81.1 Å². The summed E-state index contributed by atoms with van der Waals surface area (Å²) in [6.45, 7) is 4.25. The molecular formula is C12H20O. The molecule has 1 nitrogen and oxygen atoms in total. The molecule has 0 aliphatic carbocycles. The molecule has 0 atom stereocenters. The lowest BCUT2D eigenvalue weighted by molar-refractivity contribution is 0.471. The van der Waals surface area contributed by atoms with Gasteiger partial charge in [-0.15, -0.1) is 0 Å². The summed E-state index contributed by atoms with van der Waals surface area (Å²) < 4.78 is 5.49. The Morgan fingerprint density at radius 3 is 2.46 bits per heavy atom. The van der Waals surface area contributed by atoms with Crippen molar-refractivity contribution in [3.8, 4) is 0 Å². The van der Waals surface area contributed by atoms with Gasteiger partial charge in [-0.2, -0.15) is 0 Å². The second kappa shape index (κ2) is 5.85. The summed E-state index contributed by atoms with van der Waals surface area (Å²) in [7, 11) is 0. The smallest absolute Gasteiger partial charge is 0.104 e. The molecule has 0 unspecified atom stereocenters. The van der Waals surface area contributed by atoms with E-state index in [4.69, 9.17) is 4.42 Å². The first kappa shape index (κ1) is 10.4. The van der Waals surface area contributed by atoms with Gasteiger partial charge in [0.2, 0.25) is 0 Å². The molecule has 0 bridgehead atoms. The molecule has 0 aromatic carbocycles. The minimum atomic E-state index is 1.03. The van der Waals surface area contributed by atoms with Crippen LogP contribution in [0.5, 0.6) is 0 Å². The number of unbranched alkanes of at least 4 members (excludes halogenated alkanes) is 4. The first-order chi connectivity index (χ1) is 6.33. The van der Waals surface area contributed by atoms with Crippen molar-refractivity contribution in [3.63, 3.8) is 0 Å². The Kier molecular flexibility index (Phi) is 4.66. The Morgan fingerprint density at radius 1 is 1.08 bits per heavy atom. The molecule has 0 radical (unpaired) electrons. The van der Waals surface area contributed by atoms with E-state index in [2.05, 4.69) is 13.0 Å². The predicted octanol–water partition coefficient (Wildman–Crippen LogP) is 4.10. The largest absolute Gasteiger partial charge is 0.466 e. The van der Waals surface area contributed by atoms with Crippen molar-refractivity contribution in [2.45, 2.75) is 52.4 Å². The normalized spacial score (nSPS) is 10.6. The van der Waals surface area contributed by atoms with Gasteiger partial charge < -0.3 is 4.42 Å². The summed E-state index contributed by atoms with van der Waals surface area (Å²) in [5, 5.41) is 0. The average Bonchev–Trinajstić information content (AvgIpc) is 2.51. The highest BCUT2D eigenvalue weighted by molar-refractivity contribution is 5.05. The number of hydrogen-bond acceptors (Lipinski definition) is 1. The van der Waals surface area contributed by atoms with Crippen LogP contribution in [0.2, 0.25) is 0 Å². The van der Waals surface area contributed by atoms with Crippen molar-refractivity contribution < 1.29 is 4.42 Å². The molecule has 0 aliphatic heterocycles. The van der Waals surface area contributed by atoms with E-state index >= 15 is 0 Å². The van der Waals surface area contributed by atoms with Gasteiger partial charge in [0.25, 0.3) is 0 Å². The molecule has 1 heterocycles. The van der Waals surface area contributed by atoms with E-state index in [0.29, 0.717) is 0 Å². The van der Waals surface area contributed by atoms with Crippen LogP contribution in [0.3, 0.4) is 0 Å². The van der Waals surface area contributed by atoms with Crippen molar-refractivity contribution in [3.05, 3.63) is 23.7 Å².